The zero-order chi connectivity index (χ0) is 14.2. The highest BCUT2D eigenvalue weighted by Crippen LogP contribution is 2.29. The smallest absolute Gasteiger partial charge is 0.195 e. The van der Waals surface area contributed by atoms with E-state index in [9.17, 15) is 13.2 Å². The number of rotatable bonds is 2. The molecule has 0 radical (unpaired) electrons. The lowest BCUT2D eigenvalue weighted by molar-refractivity contribution is 0.448. The first-order chi connectivity index (χ1) is 8.97. The van der Waals surface area contributed by atoms with E-state index in [4.69, 9.17) is 0 Å². The van der Waals surface area contributed by atoms with Crippen LogP contribution in [0.5, 0.6) is 0 Å². The van der Waals surface area contributed by atoms with Crippen molar-refractivity contribution in [2.75, 3.05) is 12.4 Å². The van der Waals surface area contributed by atoms with Gasteiger partial charge < -0.3 is 5.32 Å². The van der Waals surface area contributed by atoms with E-state index >= 15 is 0 Å². The molecule has 3 nitrogen and oxygen atoms in total. The standard InChI is InChI=1S/C13H12F3N3/c1-6-7(2)13(17-3)19-18-12(6)8-4-5-9(14)11(16)10(8)15/h4-5H,1-3H3,(H,17,19). The van der Waals surface area contributed by atoms with Crippen LogP contribution in [0.3, 0.4) is 0 Å². The van der Waals surface area contributed by atoms with E-state index in [-0.39, 0.29) is 11.3 Å². The van der Waals surface area contributed by atoms with Gasteiger partial charge in [-0.25, -0.2) is 13.2 Å². The average Bonchev–Trinajstić information content (AvgIpc) is 2.40. The second kappa shape index (κ2) is 4.87. The molecule has 100 valence electrons. The normalized spacial score (nSPS) is 10.6. The third-order valence-electron chi connectivity index (χ3n) is 3.05. The Bertz CT molecular complexity index is 642. The minimum Gasteiger partial charge on any atom is -0.371 e. The molecule has 0 saturated heterocycles. The Morgan fingerprint density at radius 2 is 1.63 bits per heavy atom. The monoisotopic (exact) mass is 267 g/mol. The van der Waals surface area contributed by atoms with Gasteiger partial charge in [-0.3, -0.25) is 0 Å². The summed E-state index contributed by atoms with van der Waals surface area (Å²) in [5, 5.41) is 10.6. The number of aromatic nitrogens is 2. The molecule has 0 spiro atoms. The molecule has 0 aliphatic carbocycles. The van der Waals surface area contributed by atoms with E-state index in [1.807, 2.05) is 0 Å². The van der Waals surface area contributed by atoms with Crippen molar-refractivity contribution in [1.82, 2.24) is 10.2 Å². The zero-order valence-electron chi connectivity index (χ0n) is 10.7. The van der Waals surface area contributed by atoms with Crippen molar-refractivity contribution in [3.8, 4) is 11.3 Å². The number of nitrogens with one attached hydrogen (secondary N) is 1. The lowest BCUT2D eigenvalue weighted by atomic mass is 10.0. The molecular formula is C13H12F3N3. The Hall–Kier alpha value is -2.11. The summed E-state index contributed by atoms with van der Waals surface area (Å²) in [5.74, 6) is -3.43. The van der Waals surface area contributed by atoms with E-state index in [1.54, 1.807) is 20.9 Å². The molecule has 0 bridgehead atoms. The van der Waals surface area contributed by atoms with Gasteiger partial charge in [0.1, 0.15) is 0 Å². The number of hydrogen-bond donors (Lipinski definition) is 1. The maximum absolute atomic E-state index is 13.7. The van der Waals surface area contributed by atoms with Gasteiger partial charge >= 0.3 is 0 Å². The van der Waals surface area contributed by atoms with Crippen molar-refractivity contribution in [2.24, 2.45) is 0 Å². The molecule has 6 heteroatoms. The summed E-state index contributed by atoms with van der Waals surface area (Å²) >= 11 is 0. The summed E-state index contributed by atoms with van der Waals surface area (Å²) in [4.78, 5) is 0. The number of hydrogen-bond acceptors (Lipinski definition) is 3. The van der Waals surface area contributed by atoms with Crippen molar-refractivity contribution >= 4 is 5.82 Å². The Morgan fingerprint density at radius 1 is 0.947 bits per heavy atom. The molecule has 0 unspecified atom stereocenters. The molecule has 2 aromatic rings. The Morgan fingerprint density at radius 3 is 2.26 bits per heavy atom. The molecule has 0 fully saturated rings. The van der Waals surface area contributed by atoms with Crippen LogP contribution in [0.25, 0.3) is 11.3 Å². The first-order valence-corrected chi connectivity index (χ1v) is 5.62. The fourth-order valence-electron chi connectivity index (χ4n) is 1.81. The van der Waals surface area contributed by atoms with Crippen LogP contribution in [0, 0.1) is 31.3 Å². The molecule has 1 heterocycles. The molecule has 0 atom stereocenters. The maximum atomic E-state index is 13.7. The third kappa shape index (κ3) is 2.14. The van der Waals surface area contributed by atoms with Gasteiger partial charge in [0.15, 0.2) is 23.3 Å². The molecule has 0 saturated carbocycles. The van der Waals surface area contributed by atoms with Gasteiger partial charge in [-0.2, -0.15) is 0 Å². The van der Waals surface area contributed by atoms with Crippen LogP contribution in [0.2, 0.25) is 0 Å². The maximum Gasteiger partial charge on any atom is 0.195 e. The minimum atomic E-state index is -1.51. The fourth-order valence-corrected chi connectivity index (χ4v) is 1.81. The highest BCUT2D eigenvalue weighted by atomic mass is 19.2. The molecule has 2 rings (SSSR count). The van der Waals surface area contributed by atoms with E-state index in [0.717, 1.165) is 17.7 Å². The Labute approximate surface area is 108 Å². The van der Waals surface area contributed by atoms with Crippen LogP contribution in [0.15, 0.2) is 12.1 Å². The van der Waals surface area contributed by atoms with Crippen molar-refractivity contribution < 1.29 is 13.2 Å². The van der Waals surface area contributed by atoms with Crippen molar-refractivity contribution in [3.05, 3.63) is 40.7 Å². The molecule has 19 heavy (non-hydrogen) atoms. The van der Waals surface area contributed by atoms with Gasteiger partial charge in [-0.1, -0.05) is 0 Å². The number of anilines is 1. The molecule has 0 aliphatic rings. The molecule has 1 N–H and O–H groups in total. The third-order valence-corrected chi connectivity index (χ3v) is 3.05. The van der Waals surface area contributed by atoms with Gasteiger partial charge in [0.25, 0.3) is 0 Å². The van der Waals surface area contributed by atoms with Gasteiger partial charge in [0.05, 0.1) is 5.69 Å². The second-order valence-corrected chi connectivity index (χ2v) is 4.12. The summed E-state index contributed by atoms with van der Waals surface area (Å²) in [7, 11) is 1.69. The zero-order valence-corrected chi connectivity index (χ0v) is 10.7. The Kier molecular flexibility index (Phi) is 3.42. The first-order valence-electron chi connectivity index (χ1n) is 5.62. The molecule has 0 amide bonds. The average molecular weight is 267 g/mol. The summed E-state index contributed by atoms with van der Waals surface area (Å²) in [6, 6.07) is 2.03. The van der Waals surface area contributed by atoms with Crippen LogP contribution in [0.4, 0.5) is 19.0 Å². The second-order valence-electron chi connectivity index (χ2n) is 4.12. The topological polar surface area (TPSA) is 37.8 Å². The van der Waals surface area contributed by atoms with E-state index in [2.05, 4.69) is 15.5 Å². The van der Waals surface area contributed by atoms with Crippen LogP contribution < -0.4 is 5.32 Å². The van der Waals surface area contributed by atoms with E-state index < -0.39 is 17.5 Å². The van der Waals surface area contributed by atoms with Crippen LogP contribution in [0.1, 0.15) is 11.1 Å². The largest absolute Gasteiger partial charge is 0.371 e. The number of nitrogens with zero attached hydrogens (tertiary/aromatic N) is 2. The fraction of sp³-hybridized carbons (Fsp3) is 0.231. The summed E-state index contributed by atoms with van der Waals surface area (Å²) in [6.07, 6.45) is 0. The minimum absolute atomic E-state index is 0.102. The Balaban J connectivity index is 2.67. The van der Waals surface area contributed by atoms with Crippen LogP contribution >= 0.6 is 0 Å². The highest BCUT2D eigenvalue weighted by molar-refractivity contribution is 5.67. The number of benzene rings is 1. The summed E-state index contributed by atoms with van der Waals surface area (Å²) in [5.41, 5.74) is 1.53. The van der Waals surface area contributed by atoms with Crippen molar-refractivity contribution in [1.29, 1.82) is 0 Å². The lowest BCUT2D eigenvalue weighted by Crippen LogP contribution is -2.04. The van der Waals surface area contributed by atoms with E-state index in [1.165, 1.54) is 0 Å². The quantitative estimate of drug-likeness (QED) is 0.849. The van der Waals surface area contributed by atoms with Gasteiger partial charge in [0, 0.05) is 12.6 Å². The van der Waals surface area contributed by atoms with Crippen LogP contribution in [-0.2, 0) is 0 Å². The lowest BCUT2D eigenvalue weighted by Gasteiger charge is -2.11. The molecule has 1 aromatic carbocycles. The summed E-state index contributed by atoms with van der Waals surface area (Å²) in [6.45, 7) is 3.51. The molecule has 1 aromatic heterocycles. The predicted molar refractivity (Wildman–Crippen MR) is 66.4 cm³/mol. The highest BCUT2D eigenvalue weighted by Gasteiger charge is 2.19. The summed E-state index contributed by atoms with van der Waals surface area (Å²) < 4.78 is 39.9. The van der Waals surface area contributed by atoms with Crippen molar-refractivity contribution in [2.45, 2.75) is 13.8 Å². The number of halogens is 3. The van der Waals surface area contributed by atoms with E-state index in [0.29, 0.717) is 11.4 Å². The molecule has 0 aliphatic heterocycles. The molecular weight excluding hydrogens is 255 g/mol. The van der Waals surface area contributed by atoms with Crippen LogP contribution in [-0.4, -0.2) is 17.2 Å². The van der Waals surface area contributed by atoms with Gasteiger partial charge in [0.2, 0.25) is 0 Å². The van der Waals surface area contributed by atoms with Crippen molar-refractivity contribution in [3.63, 3.8) is 0 Å². The van der Waals surface area contributed by atoms with Gasteiger partial charge in [-0.15, -0.1) is 10.2 Å². The SMILES string of the molecule is CNc1nnc(-c2ccc(F)c(F)c2F)c(C)c1C. The first kappa shape index (κ1) is 13.3. The predicted octanol–water partition coefficient (Wildman–Crippen LogP) is 3.22. The van der Waals surface area contributed by atoms with Gasteiger partial charge in [-0.05, 0) is 37.1 Å².